The Hall–Kier alpha value is -2.49. The van der Waals surface area contributed by atoms with E-state index in [9.17, 15) is 13.6 Å². The Morgan fingerprint density at radius 1 is 1.10 bits per heavy atom. The number of rotatable bonds is 3. The first kappa shape index (κ1) is 13.9. The number of halogens is 2. The molecule has 0 heterocycles. The Labute approximate surface area is 115 Å². The Bertz CT molecular complexity index is 648. The van der Waals surface area contributed by atoms with Gasteiger partial charge in [-0.05, 0) is 48.4 Å². The summed E-state index contributed by atoms with van der Waals surface area (Å²) < 4.78 is 26.2. The quantitative estimate of drug-likeness (QED) is 0.844. The first-order chi connectivity index (χ1) is 9.54. The van der Waals surface area contributed by atoms with Crippen LogP contribution in [0.15, 0.2) is 48.5 Å². The minimum atomic E-state index is -0.487. The van der Waals surface area contributed by atoms with Crippen LogP contribution in [0.25, 0.3) is 6.08 Å². The van der Waals surface area contributed by atoms with Gasteiger partial charge in [0.1, 0.15) is 11.6 Å². The molecule has 4 heteroatoms. The van der Waals surface area contributed by atoms with Gasteiger partial charge in [0.25, 0.3) is 0 Å². The molecule has 2 nitrogen and oxygen atoms in total. The van der Waals surface area contributed by atoms with Gasteiger partial charge in [-0.3, -0.25) is 4.79 Å². The zero-order valence-corrected chi connectivity index (χ0v) is 10.9. The summed E-state index contributed by atoms with van der Waals surface area (Å²) in [5.74, 6) is -1.27. The highest BCUT2D eigenvalue weighted by Crippen LogP contribution is 2.15. The SMILES string of the molecule is Cc1ccc(F)c(NC(=O)/C=C/c2ccc(F)cc2)c1. The maximum atomic E-state index is 13.5. The highest BCUT2D eigenvalue weighted by molar-refractivity contribution is 6.02. The molecule has 0 bridgehead atoms. The molecule has 0 saturated carbocycles. The number of nitrogens with one attached hydrogen (secondary N) is 1. The Morgan fingerprint density at radius 2 is 1.80 bits per heavy atom. The number of hydrogen-bond acceptors (Lipinski definition) is 1. The largest absolute Gasteiger partial charge is 0.320 e. The van der Waals surface area contributed by atoms with Crippen molar-refractivity contribution < 1.29 is 13.6 Å². The van der Waals surface area contributed by atoms with Crippen LogP contribution in [0.3, 0.4) is 0 Å². The molecule has 2 aromatic carbocycles. The number of aryl methyl sites for hydroxylation is 1. The van der Waals surface area contributed by atoms with Crippen LogP contribution >= 0.6 is 0 Å². The average Bonchev–Trinajstić information content (AvgIpc) is 2.42. The first-order valence-electron chi connectivity index (χ1n) is 6.05. The maximum absolute atomic E-state index is 13.5. The van der Waals surface area contributed by atoms with Crippen LogP contribution < -0.4 is 5.32 Å². The van der Waals surface area contributed by atoms with Crippen molar-refractivity contribution in [2.75, 3.05) is 5.32 Å². The second kappa shape index (κ2) is 6.10. The van der Waals surface area contributed by atoms with E-state index in [2.05, 4.69) is 5.32 Å². The van der Waals surface area contributed by atoms with Crippen molar-refractivity contribution >= 4 is 17.7 Å². The lowest BCUT2D eigenvalue weighted by Crippen LogP contribution is -2.09. The van der Waals surface area contributed by atoms with E-state index in [0.717, 1.165) is 5.56 Å². The van der Waals surface area contributed by atoms with E-state index in [1.807, 2.05) is 6.92 Å². The molecule has 0 aromatic heterocycles. The van der Waals surface area contributed by atoms with Crippen LogP contribution in [0.1, 0.15) is 11.1 Å². The minimum Gasteiger partial charge on any atom is -0.320 e. The molecule has 0 saturated heterocycles. The zero-order valence-electron chi connectivity index (χ0n) is 10.9. The third-order valence-electron chi connectivity index (χ3n) is 2.68. The molecule has 0 radical (unpaired) electrons. The topological polar surface area (TPSA) is 29.1 Å². The van der Waals surface area contributed by atoms with Crippen molar-refractivity contribution in [1.29, 1.82) is 0 Å². The predicted molar refractivity (Wildman–Crippen MR) is 75.2 cm³/mol. The summed E-state index contributed by atoms with van der Waals surface area (Å²) in [5, 5.41) is 2.46. The number of carbonyl (C=O) groups is 1. The molecule has 1 amide bonds. The highest BCUT2D eigenvalue weighted by Gasteiger charge is 2.04. The molecular formula is C16H13F2NO. The van der Waals surface area contributed by atoms with E-state index in [-0.39, 0.29) is 11.5 Å². The van der Waals surface area contributed by atoms with Gasteiger partial charge in [-0.1, -0.05) is 18.2 Å². The third-order valence-corrected chi connectivity index (χ3v) is 2.68. The van der Waals surface area contributed by atoms with E-state index in [1.165, 1.54) is 30.4 Å². The molecule has 102 valence electrons. The lowest BCUT2D eigenvalue weighted by atomic mass is 10.2. The number of amides is 1. The fraction of sp³-hybridized carbons (Fsp3) is 0.0625. The van der Waals surface area contributed by atoms with Crippen molar-refractivity contribution in [2.45, 2.75) is 6.92 Å². The second-order valence-electron chi connectivity index (χ2n) is 4.36. The molecule has 0 aliphatic rings. The molecule has 0 aliphatic heterocycles. The molecule has 20 heavy (non-hydrogen) atoms. The van der Waals surface area contributed by atoms with Crippen molar-refractivity contribution in [2.24, 2.45) is 0 Å². The van der Waals surface area contributed by atoms with Gasteiger partial charge in [0.2, 0.25) is 5.91 Å². The van der Waals surface area contributed by atoms with Gasteiger partial charge in [-0.25, -0.2) is 8.78 Å². The summed E-state index contributed by atoms with van der Waals surface area (Å²) in [7, 11) is 0. The van der Waals surface area contributed by atoms with E-state index in [1.54, 1.807) is 24.3 Å². The molecular weight excluding hydrogens is 260 g/mol. The van der Waals surface area contributed by atoms with Crippen LogP contribution in [-0.4, -0.2) is 5.91 Å². The molecule has 0 fully saturated rings. The van der Waals surface area contributed by atoms with Crippen molar-refractivity contribution in [3.63, 3.8) is 0 Å². The van der Waals surface area contributed by atoms with Crippen molar-refractivity contribution in [3.05, 3.63) is 71.3 Å². The summed E-state index contributed by atoms with van der Waals surface area (Å²) in [6.45, 7) is 1.81. The summed E-state index contributed by atoms with van der Waals surface area (Å²) >= 11 is 0. The van der Waals surface area contributed by atoms with E-state index >= 15 is 0 Å². The van der Waals surface area contributed by atoms with Gasteiger partial charge in [0, 0.05) is 6.08 Å². The highest BCUT2D eigenvalue weighted by atomic mass is 19.1. The van der Waals surface area contributed by atoms with Crippen LogP contribution in [0.2, 0.25) is 0 Å². The molecule has 2 rings (SSSR count). The predicted octanol–water partition coefficient (Wildman–Crippen LogP) is 3.93. The molecule has 1 N–H and O–H groups in total. The molecule has 0 aliphatic carbocycles. The van der Waals surface area contributed by atoms with Crippen LogP contribution in [0.5, 0.6) is 0 Å². The smallest absolute Gasteiger partial charge is 0.248 e. The Balaban J connectivity index is 2.05. The monoisotopic (exact) mass is 273 g/mol. The van der Waals surface area contributed by atoms with E-state index < -0.39 is 11.7 Å². The number of hydrogen-bond donors (Lipinski definition) is 1. The van der Waals surface area contributed by atoms with E-state index in [0.29, 0.717) is 5.56 Å². The van der Waals surface area contributed by atoms with E-state index in [4.69, 9.17) is 0 Å². The Kier molecular flexibility index (Phi) is 4.25. The lowest BCUT2D eigenvalue weighted by molar-refractivity contribution is -0.111. The summed E-state index contributed by atoms with van der Waals surface area (Å²) in [6, 6.07) is 10.2. The zero-order chi connectivity index (χ0) is 14.5. The summed E-state index contributed by atoms with van der Waals surface area (Å²) in [5.41, 5.74) is 1.68. The standard InChI is InChI=1S/C16H13F2NO/c1-11-2-8-14(18)15(10-11)19-16(20)9-5-12-3-6-13(17)7-4-12/h2-10H,1H3,(H,19,20)/b9-5+. The third kappa shape index (κ3) is 3.75. The molecule has 2 aromatic rings. The van der Waals surface area contributed by atoms with Gasteiger partial charge in [0.05, 0.1) is 5.69 Å². The second-order valence-corrected chi connectivity index (χ2v) is 4.36. The van der Waals surface area contributed by atoms with Crippen molar-refractivity contribution in [1.82, 2.24) is 0 Å². The summed E-state index contributed by atoms with van der Waals surface area (Å²) in [4.78, 5) is 11.7. The van der Waals surface area contributed by atoms with Gasteiger partial charge < -0.3 is 5.32 Å². The van der Waals surface area contributed by atoms with Gasteiger partial charge in [-0.2, -0.15) is 0 Å². The fourth-order valence-corrected chi connectivity index (χ4v) is 1.66. The minimum absolute atomic E-state index is 0.138. The van der Waals surface area contributed by atoms with Gasteiger partial charge >= 0.3 is 0 Å². The number of anilines is 1. The normalized spacial score (nSPS) is 10.8. The fourth-order valence-electron chi connectivity index (χ4n) is 1.66. The van der Waals surface area contributed by atoms with Crippen LogP contribution in [0.4, 0.5) is 14.5 Å². The van der Waals surface area contributed by atoms with Gasteiger partial charge in [0.15, 0.2) is 0 Å². The average molecular weight is 273 g/mol. The molecule has 0 spiro atoms. The Morgan fingerprint density at radius 3 is 2.50 bits per heavy atom. The molecule has 0 atom stereocenters. The maximum Gasteiger partial charge on any atom is 0.248 e. The number of benzene rings is 2. The number of carbonyl (C=O) groups excluding carboxylic acids is 1. The summed E-state index contributed by atoms with van der Waals surface area (Å²) in [6.07, 6.45) is 2.80. The first-order valence-corrected chi connectivity index (χ1v) is 6.05. The van der Waals surface area contributed by atoms with Crippen LogP contribution in [0, 0.1) is 18.6 Å². The van der Waals surface area contributed by atoms with Gasteiger partial charge in [-0.15, -0.1) is 0 Å². The molecule has 0 unspecified atom stereocenters. The van der Waals surface area contributed by atoms with Crippen molar-refractivity contribution in [3.8, 4) is 0 Å². The van der Waals surface area contributed by atoms with Crippen LogP contribution in [-0.2, 0) is 4.79 Å². The lowest BCUT2D eigenvalue weighted by Gasteiger charge is -2.04.